The molecule has 2 heterocycles. The number of sulfonamides is 1. The standard InChI is InChI=1S/C18H16N2O8S2/c1-9-13(17(23)27-2)15(29-14(9)18(24)28-3)19-12(21)8-20-16(22)10-6-4-5-7-11(10)30(20,25)26/h4-7H,8H2,1-3H3,(H,19,21). The van der Waals surface area contributed by atoms with Crippen molar-refractivity contribution in [1.29, 1.82) is 0 Å². The van der Waals surface area contributed by atoms with Crippen LogP contribution in [-0.2, 0) is 24.3 Å². The lowest BCUT2D eigenvalue weighted by Gasteiger charge is -2.14. The van der Waals surface area contributed by atoms with E-state index in [9.17, 15) is 27.6 Å². The number of amides is 2. The quantitative estimate of drug-likeness (QED) is 0.673. The molecule has 2 aromatic rings. The summed E-state index contributed by atoms with van der Waals surface area (Å²) in [5.41, 5.74) is 0.155. The first kappa shape index (κ1) is 21.5. The third-order valence-corrected chi connectivity index (χ3v) is 7.33. The van der Waals surface area contributed by atoms with Gasteiger partial charge in [0.2, 0.25) is 5.91 Å². The number of rotatable bonds is 5. The molecule has 1 aliphatic rings. The van der Waals surface area contributed by atoms with Crippen LogP contribution in [0.25, 0.3) is 0 Å². The number of anilines is 1. The highest BCUT2D eigenvalue weighted by Gasteiger charge is 2.42. The summed E-state index contributed by atoms with van der Waals surface area (Å²) in [7, 11) is -1.87. The average molecular weight is 452 g/mol. The minimum Gasteiger partial charge on any atom is -0.465 e. The van der Waals surface area contributed by atoms with Crippen LogP contribution in [0, 0.1) is 6.92 Å². The van der Waals surface area contributed by atoms with E-state index < -0.39 is 40.3 Å². The van der Waals surface area contributed by atoms with Gasteiger partial charge in [-0.3, -0.25) is 9.59 Å². The van der Waals surface area contributed by atoms with E-state index in [1.54, 1.807) is 0 Å². The van der Waals surface area contributed by atoms with E-state index in [0.717, 1.165) is 18.4 Å². The molecule has 0 bridgehead atoms. The fourth-order valence-electron chi connectivity index (χ4n) is 2.92. The second kappa shape index (κ2) is 7.88. The SMILES string of the molecule is COC(=O)c1sc(NC(=O)CN2C(=O)c3ccccc3S2(=O)=O)c(C(=O)OC)c1C. The summed E-state index contributed by atoms with van der Waals surface area (Å²) in [5, 5.41) is 2.37. The molecule has 158 valence electrons. The first-order chi connectivity index (χ1) is 14.1. The number of hydrogen-bond acceptors (Lipinski definition) is 9. The van der Waals surface area contributed by atoms with Crippen molar-refractivity contribution in [3.05, 3.63) is 45.8 Å². The van der Waals surface area contributed by atoms with Gasteiger partial charge >= 0.3 is 11.9 Å². The maximum absolute atomic E-state index is 12.6. The molecule has 1 aromatic heterocycles. The molecule has 10 nitrogen and oxygen atoms in total. The Morgan fingerprint density at radius 1 is 1.10 bits per heavy atom. The molecule has 0 saturated carbocycles. The van der Waals surface area contributed by atoms with Crippen molar-refractivity contribution in [2.75, 3.05) is 26.1 Å². The Kier molecular flexibility index (Phi) is 5.63. The van der Waals surface area contributed by atoms with E-state index in [2.05, 4.69) is 10.1 Å². The van der Waals surface area contributed by atoms with Gasteiger partial charge in [0.25, 0.3) is 15.9 Å². The number of thiophene rings is 1. The van der Waals surface area contributed by atoms with E-state index >= 15 is 0 Å². The van der Waals surface area contributed by atoms with Gasteiger partial charge in [0.15, 0.2) is 0 Å². The summed E-state index contributed by atoms with van der Waals surface area (Å²) in [5.74, 6) is -3.21. The minimum atomic E-state index is -4.17. The van der Waals surface area contributed by atoms with Crippen LogP contribution < -0.4 is 5.32 Å². The van der Waals surface area contributed by atoms with Gasteiger partial charge in [-0.25, -0.2) is 22.3 Å². The smallest absolute Gasteiger partial charge is 0.348 e. The lowest BCUT2D eigenvalue weighted by molar-refractivity contribution is -0.116. The normalized spacial score (nSPS) is 14.2. The third kappa shape index (κ3) is 3.44. The van der Waals surface area contributed by atoms with Crippen molar-refractivity contribution in [3.63, 3.8) is 0 Å². The van der Waals surface area contributed by atoms with E-state index in [1.807, 2.05) is 0 Å². The number of ether oxygens (including phenoxy) is 2. The van der Waals surface area contributed by atoms with Crippen LogP contribution in [0.3, 0.4) is 0 Å². The maximum Gasteiger partial charge on any atom is 0.348 e. The van der Waals surface area contributed by atoms with Crippen LogP contribution in [0.2, 0.25) is 0 Å². The molecule has 2 amide bonds. The number of esters is 2. The lowest BCUT2D eigenvalue weighted by Crippen LogP contribution is -2.37. The van der Waals surface area contributed by atoms with E-state index in [4.69, 9.17) is 4.74 Å². The monoisotopic (exact) mass is 452 g/mol. The van der Waals surface area contributed by atoms with E-state index in [1.165, 1.54) is 38.3 Å². The summed E-state index contributed by atoms with van der Waals surface area (Å²) < 4.78 is 35.0. The second-order valence-electron chi connectivity index (χ2n) is 6.10. The van der Waals surface area contributed by atoms with Crippen molar-refractivity contribution in [2.24, 2.45) is 0 Å². The minimum absolute atomic E-state index is 0.0219. The number of nitrogens with zero attached hydrogens (tertiary/aromatic N) is 1. The molecule has 0 atom stereocenters. The highest BCUT2D eigenvalue weighted by Crippen LogP contribution is 2.35. The van der Waals surface area contributed by atoms with Gasteiger partial charge in [0.1, 0.15) is 21.3 Å². The van der Waals surface area contributed by atoms with Crippen molar-refractivity contribution < 1.29 is 37.1 Å². The molecule has 1 aromatic carbocycles. The first-order valence-electron chi connectivity index (χ1n) is 8.39. The largest absolute Gasteiger partial charge is 0.465 e. The second-order valence-corrected chi connectivity index (χ2v) is 8.96. The van der Waals surface area contributed by atoms with Crippen LogP contribution in [0.4, 0.5) is 5.00 Å². The molecule has 0 unspecified atom stereocenters. The Labute approximate surface area is 175 Å². The number of hydrogen-bond donors (Lipinski definition) is 1. The van der Waals surface area contributed by atoms with Gasteiger partial charge in [-0.2, -0.15) is 0 Å². The van der Waals surface area contributed by atoms with Crippen LogP contribution in [0.1, 0.15) is 36.0 Å². The lowest BCUT2D eigenvalue weighted by atomic mass is 10.1. The number of methoxy groups -OCH3 is 2. The maximum atomic E-state index is 12.6. The van der Waals surface area contributed by atoms with Crippen molar-refractivity contribution in [3.8, 4) is 0 Å². The van der Waals surface area contributed by atoms with Gasteiger partial charge in [-0.15, -0.1) is 11.3 Å². The molecule has 1 aliphatic heterocycles. The van der Waals surface area contributed by atoms with Crippen LogP contribution >= 0.6 is 11.3 Å². The Hall–Kier alpha value is -3.25. The molecule has 0 aliphatic carbocycles. The molecule has 0 spiro atoms. The summed E-state index contributed by atoms with van der Waals surface area (Å²) in [6.45, 7) is 0.677. The van der Waals surface area contributed by atoms with Crippen molar-refractivity contribution >= 4 is 50.1 Å². The van der Waals surface area contributed by atoms with Gasteiger partial charge in [0, 0.05) is 0 Å². The number of nitrogens with one attached hydrogen (secondary N) is 1. The zero-order valence-corrected chi connectivity index (χ0v) is 17.7. The summed E-state index contributed by atoms with van der Waals surface area (Å²) in [6.07, 6.45) is 0. The zero-order valence-electron chi connectivity index (χ0n) is 16.0. The molecule has 1 N–H and O–H groups in total. The van der Waals surface area contributed by atoms with Gasteiger partial charge in [-0.05, 0) is 24.6 Å². The molecule has 12 heteroatoms. The Morgan fingerprint density at radius 3 is 2.33 bits per heavy atom. The van der Waals surface area contributed by atoms with Crippen molar-refractivity contribution in [1.82, 2.24) is 4.31 Å². The molecule has 0 radical (unpaired) electrons. The Bertz CT molecular complexity index is 1180. The molecule has 30 heavy (non-hydrogen) atoms. The fraction of sp³-hybridized carbons (Fsp3) is 0.222. The van der Waals surface area contributed by atoms with Gasteiger partial charge < -0.3 is 14.8 Å². The molecular formula is C18H16N2O8S2. The highest BCUT2D eigenvalue weighted by atomic mass is 32.2. The average Bonchev–Trinajstić information content (AvgIpc) is 3.14. The molecule has 0 saturated heterocycles. The van der Waals surface area contributed by atoms with Gasteiger partial charge in [0.05, 0.1) is 25.3 Å². The topological polar surface area (TPSA) is 136 Å². The Balaban J connectivity index is 1.90. The zero-order chi connectivity index (χ0) is 22.2. The molecule has 3 rings (SSSR count). The van der Waals surface area contributed by atoms with Gasteiger partial charge in [-0.1, -0.05) is 12.1 Å². The number of benzene rings is 1. The predicted octanol–water partition coefficient (Wildman–Crippen LogP) is 1.41. The number of carbonyl (C=O) groups is 4. The fourth-order valence-corrected chi connectivity index (χ4v) is 5.58. The molecular weight excluding hydrogens is 436 g/mol. The number of fused-ring (bicyclic) bond motifs is 1. The predicted molar refractivity (Wildman–Crippen MR) is 105 cm³/mol. The summed E-state index contributed by atoms with van der Waals surface area (Å²) in [6, 6.07) is 5.62. The number of carbonyl (C=O) groups excluding carboxylic acids is 4. The highest BCUT2D eigenvalue weighted by molar-refractivity contribution is 7.90. The van der Waals surface area contributed by atoms with Crippen LogP contribution in [0.15, 0.2) is 29.2 Å². The summed E-state index contributed by atoms with van der Waals surface area (Å²) in [4.78, 5) is 48.9. The van der Waals surface area contributed by atoms with Crippen LogP contribution in [0.5, 0.6) is 0 Å². The van der Waals surface area contributed by atoms with E-state index in [-0.39, 0.29) is 31.5 Å². The first-order valence-corrected chi connectivity index (χ1v) is 10.6. The molecule has 0 fully saturated rings. The van der Waals surface area contributed by atoms with Crippen molar-refractivity contribution in [2.45, 2.75) is 11.8 Å². The van der Waals surface area contributed by atoms with Crippen LogP contribution in [-0.4, -0.2) is 57.2 Å². The Morgan fingerprint density at radius 2 is 1.73 bits per heavy atom. The summed E-state index contributed by atoms with van der Waals surface area (Å²) >= 11 is 0.777. The van der Waals surface area contributed by atoms with E-state index in [0.29, 0.717) is 4.31 Å². The third-order valence-electron chi connectivity index (χ3n) is 4.36.